The fourth-order valence-electron chi connectivity index (χ4n) is 2.55. The predicted octanol–water partition coefficient (Wildman–Crippen LogP) is 3.47. The van der Waals surface area contributed by atoms with Crippen molar-refractivity contribution < 1.29 is 0 Å². The Labute approximate surface area is 84.8 Å². The monoisotopic (exact) mass is 184 g/mol. The van der Waals surface area contributed by atoms with E-state index in [4.69, 9.17) is 5.32 Å². The number of hydrogen-bond acceptors (Lipinski definition) is 0. The van der Waals surface area contributed by atoms with Crippen LogP contribution in [-0.4, -0.2) is 0 Å². The highest BCUT2D eigenvalue weighted by Crippen LogP contribution is 2.43. The van der Waals surface area contributed by atoms with E-state index in [1.165, 1.54) is 41.8 Å². The van der Waals surface area contributed by atoms with Crippen molar-refractivity contribution in [3.05, 3.63) is 35.5 Å². The maximum Gasteiger partial charge on any atom is 0.0708 e. The molecule has 1 heterocycles. The fraction of sp³-hybridized carbons (Fsp3) is 0.385. The molecule has 0 saturated heterocycles. The Bertz CT molecular complexity index is 403. The van der Waals surface area contributed by atoms with Gasteiger partial charge in [-0.25, -0.2) is 0 Å². The van der Waals surface area contributed by atoms with E-state index in [0.717, 1.165) is 0 Å². The Hall–Kier alpha value is -1.24. The molecule has 0 N–H and O–H groups in total. The minimum absolute atomic E-state index is 0.658. The third kappa shape index (κ3) is 1.02. The van der Waals surface area contributed by atoms with Gasteiger partial charge in [0, 0.05) is 11.3 Å². The molecule has 0 aromatic heterocycles. The number of nitrogens with zero attached hydrogens (tertiary/aromatic N) is 1. The van der Waals surface area contributed by atoms with E-state index in [2.05, 4.69) is 31.2 Å². The number of fused-ring (bicyclic) bond motifs is 2. The quantitative estimate of drug-likeness (QED) is 0.586. The molecule has 1 aliphatic heterocycles. The zero-order chi connectivity index (χ0) is 9.54. The highest BCUT2D eigenvalue weighted by atomic mass is 14.9. The first-order valence-electron chi connectivity index (χ1n) is 5.40. The lowest BCUT2D eigenvalue weighted by Crippen LogP contribution is -2.09. The molecule has 1 radical (unpaired) electrons. The van der Waals surface area contributed by atoms with Crippen molar-refractivity contribution in [3.8, 4) is 0 Å². The Kier molecular flexibility index (Phi) is 1.66. The van der Waals surface area contributed by atoms with Gasteiger partial charge in [-0.15, -0.1) is 0 Å². The van der Waals surface area contributed by atoms with Crippen LogP contribution in [0.1, 0.15) is 31.7 Å². The second-order valence-corrected chi connectivity index (χ2v) is 4.29. The summed E-state index contributed by atoms with van der Waals surface area (Å²) in [6.45, 7) is 2.30. The SMILES string of the molecule is CC1CCCC2=C1[N]c1ccccc12. The molecule has 2 aliphatic rings. The van der Waals surface area contributed by atoms with E-state index in [1.54, 1.807) is 0 Å². The molecule has 0 bridgehead atoms. The van der Waals surface area contributed by atoms with Crippen LogP contribution < -0.4 is 5.32 Å². The molecular weight excluding hydrogens is 170 g/mol. The number of rotatable bonds is 0. The molecule has 1 unspecified atom stereocenters. The van der Waals surface area contributed by atoms with Crippen LogP contribution in [0.3, 0.4) is 0 Å². The average Bonchev–Trinajstić information content (AvgIpc) is 2.59. The lowest BCUT2D eigenvalue weighted by atomic mass is 9.87. The van der Waals surface area contributed by atoms with Crippen molar-refractivity contribution >= 4 is 11.3 Å². The summed E-state index contributed by atoms with van der Waals surface area (Å²) in [5.74, 6) is 0.658. The average molecular weight is 184 g/mol. The van der Waals surface area contributed by atoms with E-state index < -0.39 is 0 Å². The maximum atomic E-state index is 4.73. The topological polar surface area (TPSA) is 14.1 Å². The van der Waals surface area contributed by atoms with Gasteiger partial charge >= 0.3 is 0 Å². The minimum atomic E-state index is 0.658. The maximum absolute atomic E-state index is 4.73. The summed E-state index contributed by atoms with van der Waals surface area (Å²) in [7, 11) is 0. The lowest BCUT2D eigenvalue weighted by Gasteiger charge is -2.19. The number of benzene rings is 1. The van der Waals surface area contributed by atoms with Crippen LogP contribution in [0.15, 0.2) is 30.0 Å². The minimum Gasteiger partial charge on any atom is -0.252 e. The van der Waals surface area contributed by atoms with E-state index in [1.807, 2.05) is 0 Å². The third-order valence-electron chi connectivity index (χ3n) is 3.31. The molecule has 1 aliphatic carbocycles. The first-order valence-corrected chi connectivity index (χ1v) is 5.40. The Morgan fingerprint density at radius 3 is 3.07 bits per heavy atom. The standard InChI is InChI=1S/C13H14N/c1-9-5-4-7-11-10-6-2-3-8-12(10)14-13(9)11/h2-3,6,8-9H,4-5,7H2,1H3. The van der Waals surface area contributed by atoms with E-state index >= 15 is 0 Å². The first kappa shape index (κ1) is 8.10. The van der Waals surface area contributed by atoms with Gasteiger partial charge in [0.15, 0.2) is 0 Å². The van der Waals surface area contributed by atoms with E-state index in [9.17, 15) is 0 Å². The van der Waals surface area contributed by atoms with Crippen LogP contribution in [0.2, 0.25) is 0 Å². The molecule has 0 spiro atoms. The third-order valence-corrected chi connectivity index (χ3v) is 3.31. The van der Waals surface area contributed by atoms with Gasteiger partial charge in [-0.1, -0.05) is 25.1 Å². The van der Waals surface area contributed by atoms with Gasteiger partial charge in [0.2, 0.25) is 0 Å². The van der Waals surface area contributed by atoms with Crippen molar-refractivity contribution in [2.24, 2.45) is 5.92 Å². The molecule has 1 nitrogen and oxygen atoms in total. The Morgan fingerprint density at radius 1 is 1.29 bits per heavy atom. The van der Waals surface area contributed by atoms with Gasteiger partial charge in [-0.2, -0.15) is 0 Å². The van der Waals surface area contributed by atoms with E-state index in [-0.39, 0.29) is 0 Å². The largest absolute Gasteiger partial charge is 0.252 e. The van der Waals surface area contributed by atoms with Crippen LogP contribution in [0.25, 0.3) is 5.57 Å². The normalized spacial score (nSPS) is 24.2. The second-order valence-electron chi connectivity index (χ2n) is 4.29. The molecule has 1 heteroatoms. The number of allylic oxidation sites excluding steroid dienone is 2. The van der Waals surface area contributed by atoms with Gasteiger partial charge in [0.1, 0.15) is 0 Å². The van der Waals surface area contributed by atoms with Crippen LogP contribution >= 0.6 is 0 Å². The second kappa shape index (κ2) is 2.88. The van der Waals surface area contributed by atoms with E-state index in [0.29, 0.717) is 5.92 Å². The molecule has 71 valence electrons. The number of para-hydroxylation sites is 1. The summed E-state index contributed by atoms with van der Waals surface area (Å²) < 4.78 is 0. The molecule has 1 aromatic carbocycles. The van der Waals surface area contributed by atoms with Crippen LogP contribution in [0.4, 0.5) is 5.69 Å². The molecule has 1 atom stereocenters. The summed E-state index contributed by atoms with van der Waals surface area (Å²) in [5.41, 5.74) is 5.44. The summed E-state index contributed by atoms with van der Waals surface area (Å²) in [4.78, 5) is 0. The smallest absolute Gasteiger partial charge is 0.0708 e. The van der Waals surface area contributed by atoms with Crippen LogP contribution in [0, 0.1) is 5.92 Å². The summed E-state index contributed by atoms with van der Waals surface area (Å²) >= 11 is 0. The van der Waals surface area contributed by atoms with Gasteiger partial charge in [0.25, 0.3) is 0 Å². The molecule has 3 rings (SSSR count). The molecule has 1 aromatic rings. The highest BCUT2D eigenvalue weighted by molar-refractivity contribution is 5.82. The van der Waals surface area contributed by atoms with Gasteiger partial charge in [0.05, 0.1) is 5.69 Å². The number of hydrogen-bond donors (Lipinski definition) is 0. The van der Waals surface area contributed by atoms with Gasteiger partial charge in [-0.05, 0) is 36.8 Å². The first-order chi connectivity index (χ1) is 6.86. The zero-order valence-electron chi connectivity index (χ0n) is 8.46. The predicted molar refractivity (Wildman–Crippen MR) is 58.2 cm³/mol. The van der Waals surface area contributed by atoms with Gasteiger partial charge in [-0.3, -0.25) is 5.32 Å². The molecule has 0 amide bonds. The lowest BCUT2D eigenvalue weighted by molar-refractivity contribution is 0.544. The highest BCUT2D eigenvalue weighted by Gasteiger charge is 2.28. The summed E-state index contributed by atoms with van der Waals surface area (Å²) in [5, 5.41) is 4.73. The van der Waals surface area contributed by atoms with Crippen LogP contribution in [-0.2, 0) is 0 Å². The van der Waals surface area contributed by atoms with Gasteiger partial charge < -0.3 is 0 Å². The molecular formula is C13H14N. The molecule has 0 saturated carbocycles. The van der Waals surface area contributed by atoms with Crippen molar-refractivity contribution in [2.75, 3.05) is 0 Å². The molecule has 0 fully saturated rings. The van der Waals surface area contributed by atoms with Crippen molar-refractivity contribution in [1.82, 2.24) is 5.32 Å². The zero-order valence-corrected chi connectivity index (χ0v) is 8.46. The molecule has 14 heavy (non-hydrogen) atoms. The summed E-state index contributed by atoms with van der Waals surface area (Å²) in [6.07, 6.45) is 3.85. The Balaban J connectivity index is 2.12. The van der Waals surface area contributed by atoms with Crippen molar-refractivity contribution in [3.63, 3.8) is 0 Å². The summed E-state index contributed by atoms with van der Waals surface area (Å²) in [6, 6.07) is 8.52. The van der Waals surface area contributed by atoms with Crippen LogP contribution in [0.5, 0.6) is 0 Å². The van der Waals surface area contributed by atoms with Crippen molar-refractivity contribution in [1.29, 1.82) is 0 Å². The Morgan fingerprint density at radius 2 is 2.14 bits per heavy atom. The fourth-order valence-corrected chi connectivity index (χ4v) is 2.55. The van der Waals surface area contributed by atoms with Crippen molar-refractivity contribution in [2.45, 2.75) is 26.2 Å².